The summed E-state index contributed by atoms with van der Waals surface area (Å²) >= 11 is 6.26. The van der Waals surface area contributed by atoms with E-state index in [0.717, 1.165) is 18.7 Å². The Morgan fingerprint density at radius 3 is 1.83 bits per heavy atom. The van der Waals surface area contributed by atoms with E-state index in [2.05, 4.69) is 36.3 Å². The monoisotopic (exact) mass is 950 g/mol. The lowest BCUT2D eigenvalue weighted by Gasteiger charge is -2.33. The van der Waals surface area contributed by atoms with Gasteiger partial charge in [-0.2, -0.15) is 36.5 Å². The number of nitrogens with one attached hydrogen (secondary N) is 1. The molecule has 5 heterocycles. The van der Waals surface area contributed by atoms with Crippen molar-refractivity contribution in [2.24, 2.45) is 11.0 Å². The smallest absolute Gasteiger partial charge is 0.410 e. The number of piperidine rings is 2. The Labute approximate surface area is 358 Å². The van der Waals surface area contributed by atoms with Gasteiger partial charge >= 0.3 is 24.5 Å². The molecule has 0 aliphatic carbocycles. The fourth-order valence-electron chi connectivity index (χ4n) is 5.92. The van der Waals surface area contributed by atoms with E-state index in [1.165, 1.54) is 22.7 Å². The SMILES string of the molecule is C.CC(C)(C)OC(=O)N1CCC(/C(=N\NCC(F)(F)F)c2sccc2Br)CC1.CC(C)(C)OC(=O)N1CCC(c2nn(CC(F)(F)F)c3ccsc23)CC1.COCCO. The zero-order valence-electron chi connectivity index (χ0n) is 33.6. The Morgan fingerprint density at radius 2 is 1.41 bits per heavy atom. The van der Waals surface area contributed by atoms with E-state index in [1.54, 1.807) is 28.4 Å². The Morgan fingerprint density at radius 1 is 0.881 bits per heavy atom. The topological polar surface area (TPSA) is 131 Å². The van der Waals surface area contributed by atoms with Crippen LogP contribution in [0.4, 0.5) is 35.9 Å². The number of aliphatic hydroxyl groups excluding tert-OH is 1. The summed E-state index contributed by atoms with van der Waals surface area (Å²) in [6, 6.07) is 3.52. The van der Waals surface area contributed by atoms with Gasteiger partial charge in [-0.15, -0.1) is 22.7 Å². The van der Waals surface area contributed by atoms with Crippen LogP contribution < -0.4 is 5.43 Å². The molecule has 0 radical (unpaired) electrons. The number of aromatic nitrogens is 2. The molecule has 2 N–H and O–H groups in total. The van der Waals surface area contributed by atoms with E-state index < -0.39 is 36.6 Å². The van der Waals surface area contributed by atoms with Crippen molar-refractivity contribution < 1.29 is 55.2 Å². The number of hydrogen-bond acceptors (Lipinski definition) is 11. The van der Waals surface area contributed by atoms with Crippen molar-refractivity contribution in [3.05, 3.63) is 37.9 Å². The van der Waals surface area contributed by atoms with Gasteiger partial charge in [0.15, 0.2) is 0 Å². The van der Waals surface area contributed by atoms with Crippen molar-refractivity contribution in [3.63, 3.8) is 0 Å². The summed E-state index contributed by atoms with van der Waals surface area (Å²) in [5, 5.41) is 19.9. The molecule has 2 saturated heterocycles. The minimum Gasteiger partial charge on any atom is -0.444 e. The molecule has 59 heavy (non-hydrogen) atoms. The number of halogens is 7. The van der Waals surface area contributed by atoms with E-state index in [9.17, 15) is 35.9 Å². The molecule has 2 fully saturated rings. The number of fused-ring (bicyclic) bond motifs is 1. The number of rotatable bonds is 8. The van der Waals surface area contributed by atoms with Gasteiger partial charge in [0.2, 0.25) is 0 Å². The molecule has 0 unspecified atom stereocenters. The van der Waals surface area contributed by atoms with Crippen LogP contribution in [-0.2, 0) is 20.8 Å². The number of amides is 2. The molecule has 0 atom stereocenters. The van der Waals surface area contributed by atoms with Gasteiger partial charge in [-0.25, -0.2) is 9.59 Å². The summed E-state index contributed by atoms with van der Waals surface area (Å²) in [5.41, 5.74) is 2.86. The Bertz CT molecular complexity index is 1770. The average Bonchev–Trinajstić information content (AvgIpc) is 3.84. The molecule has 0 aromatic carbocycles. The Hall–Kier alpha value is -3.14. The van der Waals surface area contributed by atoms with Gasteiger partial charge in [-0.3, -0.25) is 4.68 Å². The van der Waals surface area contributed by atoms with Gasteiger partial charge in [0.05, 0.1) is 39.7 Å². The third-order valence-electron chi connectivity index (χ3n) is 8.40. The van der Waals surface area contributed by atoms with E-state index in [0.29, 0.717) is 75.4 Å². The zero-order chi connectivity index (χ0) is 43.5. The molecular formula is C38H57BrF6N6O6S2. The van der Waals surface area contributed by atoms with Crippen LogP contribution in [0.2, 0.25) is 0 Å². The second kappa shape index (κ2) is 22.6. The van der Waals surface area contributed by atoms with Crippen molar-refractivity contribution in [1.82, 2.24) is 25.0 Å². The largest absolute Gasteiger partial charge is 0.444 e. The Balaban J connectivity index is 0.000000360. The fourth-order valence-corrected chi connectivity index (χ4v) is 8.52. The molecule has 21 heteroatoms. The number of methoxy groups -OCH3 is 1. The highest BCUT2D eigenvalue weighted by Crippen LogP contribution is 2.37. The van der Waals surface area contributed by atoms with E-state index in [-0.39, 0.29) is 38.1 Å². The first-order valence-corrected chi connectivity index (χ1v) is 21.1. The summed E-state index contributed by atoms with van der Waals surface area (Å²) in [6.07, 6.45) is -6.82. The van der Waals surface area contributed by atoms with Crippen molar-refractivity contribution in [3.8, 4) is 0 Å². The van der Waals surface area contributed by atoms with Crippen LogP contribution in [0.1, 0.15) is 91.1 Å². The van der Waals surface area contributed by atoms with Crippen molar-refractivity contribution >= 4 is 66.7 Å². The second-order valence-corrected chi connectivity index (χ2v) is 18.2. The first kappa shape index (κ1) is 52.0. The van der Waals surface area contributed by atoms with Gasteiger partial charge in [0, 0.05) is 49.6 Å². The maximum Gasteiger partial charge on any atom is 0.410 e. The fraction of sp³-hybridized carbons (Fsp3) is 0.684. The number of nitrogens with zero attached hydrogens (tertiary/aromatic N) is 5. The van der Waals surface area contributed by atoms with Crippen LogP contribution in [0.5, 0.6) is 0 Å². The number of ether oxygens (including phenoxy) is 3. The summed E-state index contributed by atoms with van der Waals surface area (Å²) in [6.45, 7) is 11.1. The molecule has 12 nitrogen and oxygen atoms in total. The lowest BCUT2D eigenvalue weighted by Crippen LogP contribution is -2.43. The molecule has 3 aromatic heterocycles. The van der Waals surface area contributed by atoms with Gasteiger partial charge in [0.1, 0.15) is 24.3 Å². The molecule has 0 saturated carbocycles. The van der Waals surface area contributed by atoms with Crippen LogP contribution in [0, 0.1) is 5.92 Å². The van der Waals surface area contributed by atoms with Crippen LogP contribution in [-0.4, -0.2) is 119 Å². The lowest BCUT2D eigenvalue weighted by atomic mass is 9.91. The number of hydrogen-bond donors (Lipinski definition) is 2. The summed E-state index contributed by atoms with van der Waals surface area (Å²) in [4.78, 5) is 28.4. The molecule has 0 bridgehead atoms. The maximum absolute atomic E-state index is 12.8. The average molecular weight is 952 g/mol. The predicted molar refractivity (Wildman–Crippen MR) is 222 cm³/mol. The standard InChI is InChI=1S/C17H23BrF3N3O2S.C17H22F3N3O2S.C3H8O2.CH4/c1-16(2,3)26-15(25)24-7-4-11(5-8-24)13(14-12(18)6-9-27-14)23-22-10-17(19,20)21;1-16(2,3)25-15(24)22-7-4-11(5-8-22)13-14-12(6-9-26-14)23(21-13)10-17(18,19)20;1-5-3-2-4;/h6,9,11,22H,4-5,7-8,10H2,1-3H3;6,9,11H,4-5,7-8,10H2,1-3H3;4H,2-3H2,1H3;1H4/b23-13+;;;. The Kier molecular flexibility index (Phi) is 19.9. The molecule has 5 rings (SSSR count). The number of hydrazone groups is 1. The normalized spacial score (nSPS) is 16.1. The van der Waals surface area contributed by atoms with Crippen molar-refractivity contribution in [1.29, 1.82) is 0 Å². The summed E-state index contributed by atoms with van der Waals surface area (Å²) in [5.74, 6) is 0.00342. The highest BCUT2D eigenvalue weighted by molar-refractivity contribution is 9.10. The van der Waals surface area contributed by atoms with Gasteiger partial charge < -0.3 is 34.5 Å². The molecule has 0 spiro atoms. The zero-order valence-corrected chi connectivity index (χ0v) is 36.9. The molecule has 2 aliphatic heterocycles. The van der Waals surface area contributed by atoms with Crippen LogP contribution in [0.3, 0.4) is 0 Å². The van der Waals surface area contributed by atoms with Crippen LogP contribution >= 0.6 is 38.6 Å². The van der Waals surface area contributed by atoms with Gasteiger partial charge in [0.25, 0.3) is 0 Å². The van der Waals surface area contributed by atoms with Crippen LogP contribution in [0.25, 0.3) is 10.2 Å². The third-order valence-corrected chi connectivity index (χ3v) is 11.2. The number of alkyl halides is 6. The molecular weight excluding hydrogens is 894 g/mol. The second-order valence-electron chi connectivity index (χ2n) is 15.5. The van der Waals surface area contributed by atoms with Crippen molar-refractivity contribution in [2.75, 3.05) is 53.0 Å². The van der Waals surface area contributed by atoms with Gasteiger partial charge in [-0.1, -0.05) is 7.43 Å². The van der Waals surface area contributed by atoms with Gasteiger partial charge in [-0.05, 0) is 106 Å². The molecule has 2 aliphatic rings. The number of thiophene rings is 2. The number of carbonyl (C=O) groups is 2. The molecule has 336 valence electrons. The summed E-state index contributed by atoms with van der Waals surface area (Å²) in [7, 11) is 1.55. The lowest BCUT2D eigenvalue weighted by molar-refractivity contribution is -0.142. The van der Waals surface area contributed by atoms with Crippen molar-refractivity contribution in [2.45, 2.75) is 111 Å². The van der Waals surface area contributed by atoms with Crippen LogP contribution in [0.15, 0.2) is 32.5 Å². The minimum atomic E-state index is -4.33. The number of likely N-dealkylation sites (tertiary alicyclic amines) is 2. The quantitative estimate of drug-likeness (QED) is 0.130. The van der Waals surface area contributed by atoms with E-state index in [4.69, 9.17) is 14.6 Å². The first-order chi connectivity index (χ1) is 26.9. The highest BCUT2D eigenvalue weighted by atomic mass is 79.9. The number of aliphatic hydroxyl groups is 1. The first-order valence-electron chi connectivity index (χ1n) is 18.6. The minimum absolute atomic E-state index is 0. The third kappa shape index (κ3) is 17.8. The van der Waals surface area contributed by atoms with E-state index >= 15 is 0 Å². The predicted octanol–water partition coefficient (Wildman–Crippen LogP) is 10.0. The number of carbonyl (C=O) groups excluding carboxylic acids is 2. The molecule has 3 aromatic rings. The van der Waals surface area contributed by atoms with E-state index in [1.807, 2.05) is 53.0 Å². The highest BCUT2D eigenvalue weighted by Gasteiger charge is 2.34. The maximum atomic E-state index is 12.8. The summed E-state index contributed by atoms with van der Waals surface area (Å²) < 4.78 is 93.6. The molecule has 2 amide bonds.